The number of benzene rings is 1. The second-order valence-corrected chi connectivity index (χ2v) is 8.20. The smallest absolute Gasteiger partial charge is 0.335 e. The Kier molecular flexibility index (Phi) is 7.33. The zero-order valence-electron chi connectivity index (χ0n) is 17.0. The van der Waals surface area contributed by atoms with Crippen LogP contribution in [0.15, 0.2) is 24.3 Å². The number of carboxylic acid groups (broad SMARTS) is 1. The minimum atomic E-state index is -1.77. The highest BCUT2D eigenvalue weighted by Gasteiger charge is 2.48. The van der Waals surface area contributed by atoms with Crippen LogP contribution in [0.1, 0.15) is 43.6 Å². The summed E-state index contributed by atoms with van der Waals surface area (Å²) >= 11 is 0. The van der Waals surface area contributed by atoms with Gasteiger partial charge in [0.05, 0.1) is 5.60 Å². The van der Waals surface area contributed by atoms with Crippen molar-refractivity contribution in [3.63, 3.8) is 0 Å². The van der Waals surface area contributed by atoms with E-state index >= 15 is 0 Å². The van der Waals surface area contributed by atoms with Crippen molar-refractivity contribution < 1.29 is 39.8 Å². The van der Waals surface area contributed by atoms with Crippen molar-refractivity contribution in [1.29, 1.82) is 0 Å². The molecule has 0 spiro atoms. The number of carbonyl (C=O) groups is 1. The van der Waals surface area contributed by atoms with Gasteiger partial charge in [-0.15, -0.1) is 0 Å². The van der Waals surface area contributed by atoms with Gasteiger partial charge in [0.2, 0.25) is 6.29 Å². The van der Waals surface area contributed by atoms with Crippen molar-refractivity contribution in [2.24, 2.45) is 0 Å². The summed E-state index contributed by atoms with van der Waals surface area (Å²) in [6.07, 6.45) is -3.66. The van der Waals surface area contributed by atoms with Crippen molar-refractivity contribution in [3.8, 4) is 5.75 Å². The first kappa shape index (κ1) is 22.9. The summed E-state index contributed by atoms with van der Waals surface area (Å²) in [6, 6.07) is 6.93. The first-order chi connectivity index (χ1) is 14.3. The predicted molar refractivity (Wildman–Crippen MR) is 106 cm³/mol. The Morgan fingerprint density at radius 2 is 1.77 bits per heavy atom. The highest BCUT2D eigenvalue weighted by atomic mass is 16.7. The summed E-state index contributed by atoms with van der Waals surface area (Å²) in [5, 5.41) is 53.2. The molecule has 9 nitrogen and oxygen atoms in total. The van der Waals surface area contributed by atoms with E-state index in [4.69, 9.17) is 14.6 Å². The Bertz CT molecular complexity index is 705. The fourth-order valence-electron chi connectivity index (χ4n) is 4.40. The zero-order chi connectivity index (χ0) is 21.9. The Morgan fingerprint density at radius 1 is 1.13 bits per heavy atom. The van der Waals surface area contributed by atoms with Crippen molar-refractivity contribution in [1.82, 2.24) is 5.32 Å². The molecule has 1 aromatic carbocycles. The summed E-state index contributed by atoms with van der Waals surface area (Å²) in [5.41, 5.74) is 0.159. The molecular formula is C21H31NO8. The summed E-state index contributed by atoms with van der Waals surface area (Å²) in [6.45, 7) is 0.617. The number of hydrogen-bond donors (Lipinski definition) is 6. The first-order valence-corrected chi connectivity index (χ1v) is 10.3. The Labute approximate surface area is 175 Å². The summed E-state index contributed by atoms with van der Waals surface area (Å²) in [5.74, 6) is -1.26. The van der Waals surface area contributed by atoms with Crippen LogP contribution in [0.5, 0.6) is 5.75 Å². The van der Waals surface area contributed by atoms with E-state index in [0.29, 0.717) is 12.3 Å². The second kappa shape index (κ2) is 9.59. The van der Waals surface area contributed by atoms with Crippen molar-refractivity contribution in [2.75, 3.05) is 13.6 Å². The van der Waals surface area contributed by atoms with E-state index in [2.05, 4.69) is 5.32 Å². The maximum Gasteiger partial charge on any atom is 0.335 e. The maximum absolute atomic E-state index is 11.2. The molecule has 6 atom stereocenters. The molecular weight excluding hydrogens is 394 g/mol. The first-order valence-electron chi connectivity index (χ1n) is 10.3. The van der Waals surface area contributed by atoms with Gasteiger partial charge in [-0.25, -0.2) is 4.79 Å². The van der Waals surface area contributed by atoms with Crippen LogP contribution in [0.3, 0.4) is 0 Å². The average molecular weight is 425 g/mol. The maximum atomic E-state index is 11.2. The molecule has 0 radical (unpaired) electrons. The Balaban J connectivity index is 1.73. The lowest BCUT2D eigenvalue weighted by Crippen LogP contribution is -2.61. The largest absolute Gasteiger partial charge is 0.479 e. The molecule has 2 aliphatic rings. The molecule has 0 aromatic heterocycles. The number of likely N-dealkylation sites (N-methyl/N-ethyl adjacent to an activating group) is 1. The number of ether oxygens (including phenoxy) is 2. The third-order valence-corrected chi connectivity index (χ3v) is 6.12. The normalized spacial score (nSPS) is 32.4. The van der Waals surface area contributed by atoms with E-state index in [1.807, 2.05) is 19.2 Å². The van der Waals surface area contributed by atoms with Gasteiger partial charge >= 0.3 is 5.97 Å². The van der Waals surface area contributed by atoms with Crippen LogP contribution in [-0.4, -0.2) is 81.4 Å². The van der Waals surface area contributed by atoms with Crippen LogP contribution >= 0.6 is 0 Å². The molecule has 1 heterocycles. The highest BCUT2D eigenvalue weighted by Crippen LogP contribution is 2.40. The Morgan fingerprint density at radius 3 is 2.33 bits per heavy atom. The number of rotatable bonds is 7. The molecule has 1 saturated heterocycles. The molecule has 0 amide bonds. The van der Waals surface area contributed by atoms with E-state index in [9.17, 15) is 25.2 Å². The van der Waals surface area contributed by atoms with Crippen LogP contribution in [0.25, 0.3) is 0 Å². The van der Waals surface area contributed by atoms with Crippen molar-refractivity contribution >= 4 is 5.97 Å². The van der Waals surface area contributed by atoms with E-state index in [1.165, 1.54) is 0 Å². The van der Waals surface area contributed by atoms with E-state index < -0.39 is 42.3 Å². The van der Waals surface area contributed by atoms with Crippen molar-refractivity contribution in [2.45, 2.75) is 74.3 Å². The Hall–Kier alpha value is -1.75. The molecule has 1 unspecified atom stereocenters. The minimum absolute atomic E-state index is 0.0956. The molecule has 1 aromatic rings. The number of aliphatic hydroxyl groups excluding tert-OH is 3. The van der Waals surface area contributed by atoms with E-state index in [-0.39, 0.29) is 5.92 Å². The number of nitrogens with one attached hydrogen (secondary N) is 1. The molecule has 168 valence electrons. The summed E-state index contributed by atoms with van der Waals surface area (Å²) < 4.78 is 10.7. The number of hydrogen-bond acceptors (Lipinski definition) is 8. The molecule has 9 heteroatoms. The summed E-state index contributed by atoms with van der Waals surface area (Å²) in [7, 11) is 1.84. The topological polar surface area (TPSA) is 149 Å². The minimum Gasteiger partial charge on any atom is -0.479 e. The van der Waals surface area contributed by atoms with Crippen LogP contribution in [0.2, 0.25) is 0 Å². The van der Waals surface area contributed by atoms with Crippen LogP contribution in [0, 0.1) is 0 Å². The summed E-state index contributed by atoms with van der Waals surface area (Å²) in [4.78, 5) is 11.2. The fraction of sp³-hybridized carbons (Fsp3) is 0.667. The SMILES string of the molecule is CNCC(c1ccc(O[C@@H]2O[C@H](C(=O)O)[C@@H](O)[C@H](O)[C@H]2O)cc1)C1(O)CCCCC1. The lowest BCUT2D eigenvalue weighted by molar-refractivity contribution is -0.271. The number of aliphatic hydroxyl groups is 4. The van der Waals surface area contributed by atoms with Gasteiger partial charge in [-0.1, -0.05) is 31.4 Å². The molecule has 30 heavy (non-hydrogen) atoms. The predicted octanol–water partition coefficient (Wildman–Crippen LogP) is -0.0442. The number of aliphatic carboxylic acids is 1. The molecule has 0 bridgehead atoms. The van der Waals surface area contributed by atoms with Gasteiger partial charge in [0.15, 0.2) is 6.10 Å². The number of carboxylic acids is 1. The van der Waals surface area contributed by atoms with Crippen LogP contribution in [-0.2, 0) is 9.53 Å². The van der Waals surface area contributed by atoms with Gasteiger partial charge in [-0.05, 0) is 37.6 Å². The van der Waals surface area contributed by atoms with E-state index in [0.717, 1.165) is 37.7 Å². The standard InChI is InChI=1S/C21H31NO8/c1-22-11-14(21(28)9-3-2-4-10-21)12-5-7-13(8-6-12)29-20-17(25)15(23)16(24)18(30-20)19(26)27/h5-8,14-18,20,22-25,28H,2-4,9-11H2,1H3,(H,26,27)/t14?,15-,16-,17+,18-,20+/m0/s1. The van der Waals surface area contributed by atoms with Gasteiger partial charge in [0, 0.05) is 12.5 Å². The van der Waals surface area contributed by atoms with Gasteiger partial charge in [0.1, 0.15) is 24.1 Å². The highest BCUT2D eigenvalue weighted by molar-refractivity contribution is 5.73. The lowest BCUT2D eigenvalue weighted by atomic mass is 9.73. The molecule has 1 aliphatic carbocycles. The quantitative estimate of drug-likeness (QED) is 0.354. The zero-order valence-corrected chi connectivity index (χ0v) is 17.0. The molecule has 6 N–H and O–H groups in total. The second-order valence-electron chi connectivity index (χ2n) is 8.20. The third-order valence-electron chi connectivity index (χ3n) is 6.12. The van der Waals surface area contributed by atoms with E-state index in [1.54, 1.807) is 12.1 Å². The molecule has 1 saturated carbocycles. The molecule has 3 rings (SSSR count). The van der Waals surface area contributed by atoms with Gasteiger partial charge in [-0.2, -0.15) is 0 Å². The lowest BCUT2D eigenvalue weighted by Gasteiger charge is -2.40. The average Bonchev–Trinajstić information content (AvgIpc) is 2.73. The van der Waals surface area contributed by atoms with Crippen LogP contribution in [0.4, 0.5) is 0 Å². The van der Waals surface area contributed by atoms with Gasteiger partial charge in [0.25, 0.3) is 0 Å². The van der Waals surface area contributed by atoms with Crippen LogP contribution < -0.4 is 10.1 Å². The third kappa shape index (κ3) is 4.77. The van der Waals surface area contributed by atoms with Crippen molar-refractivity contribution in [3.05, 3.63) is 29.8 Å². The van der Waals surface area contributed by atoms with Gasteiger partial charge in [-0.3, -0.25) is 0 Å². The molecule has 2 fully saturated rings. The fourth-order valence-corrected chi connectivity index (χ4v) is 4.40. The van der Waals surface area contributed by atoms with Gasteiger partial charge < -0.3 is 40.3 Å². The molecule has 1 aliphatic heterocycles. The monoisotopic (exact) mass is 425 g/mol.